The van der Waals surface area contributed by atoms with Crippen LogP contribution in [-0.2, 0) is 9.84 Å². The largest absolute Gasteiger partial charge is 0.494 e. The maximum Gasteiger partial charge on any atom is 0.255 e. The number of fused-ring (bicyclic) bond motifs is 1. The molecule has 158 valence electrons. The van der Waals surface area contributed by atoms with E-state index in [9.17, 15) is 13.2 Å². The molecule has 2 aliphatic rings. The number of thioether (sulfide) groups is 1. The lowest BCUT2D eigenvalue weighted by Crippen LogP contribution is -2.14. The first-order chi connectivity index (χ1) is 14.3. The van der Waals surface area contributed by atoms with E-state index in [0.717, 1.165) is 17.0 Å². The number of sulfone groups is 1. The highest BCUT2D eigenvalue weighted by molar-refractivity contribution is 8.15. The zero-order chi connectivity index (χ0) is 21.3. The Morgan fingerprint density at radius 1 is 1.20 bits per heavy atom. The summed E-state index contributed by atoms with van der Waals surface area (Å²) in [6, 6.07) is 12.5. The van der Waals surface area contributed by atoms with Crippen molar-refractivity contribution in [3.63, 3.8) is 0 Å². The topological polar surface area (TPSA) is 96.9 Å². The highest BCUT2D eigenvalue weighted by Crippen LogP contribution is 2.35. The van der Waals surface area contributed by atoms with Gasteiger partial charge in [0.1, 0.15) is 5.75 Å². The van der Waals surface area contributed by atoms with Gasteiger partial charge in [-0.25, -0.2) is 8.42 Å². The predicted molar refractivity (Wildman–Crippen MR) is 122 cm³/mol. The molecular weight excluding hydrogens is 422 g/mol. The van der Waals surface area contributed by atoms with Crippen molar-refractivity contribution in [2.24, 2.45) is 4.99 Å². The average molecular weight is 446 g/mol. The Morgan fingerprint density at radius 3 is 2.67 bits per heavy atom. The number of carbonyl (C=O) groups excluding carboxylic acids is 1. The number of amidine groups is 1. The van der Waals surface area contributed by atoms with E-state index in [1.807, 2.05) is 32.0 Å². The van der Waals surface area contributed by atoms with Crippen LogP contribution in [0.4, 0.5) is 11.4 Å². The molecule has 1 saturated heterocycles. The van der Waals surface area contributed by atoms with Crippen LogP contribution in [0.3, 0.4) is 0 Å². The number of ether oxygens (including phenoxy) is 1. The molecule has 0 bridgehead atoms. The van der Waals surface area contributed by atoms with E-state index < -0.39 is 9.84 Å². The molecular formula is C21H23N3O4S2. The molecule has 2 heterocycles. The lowest BCUT2D eigenvalue weighted by molar-refractivity contribution is 0.102. The Bertz CT molecular complexity index is 1100. The fourth-order valence-electron chi connectivity index (χ4n) is 3.43. The van der Waals surface area contributed by atoms with Gasteiger partial charge >= 0.3 is 0 Å². The van der Waals surface area contributed by atoms with Crippen LogP contribution in [0, 0.1) is 6.92 Å². The van der Waals surface area contributed by atoms with E-state index in [-0.39, 0.29) is 28.7 Å². The average Bonchev–Trinajstić information content (AvgIpc) is 3.17. The number of amides is 1. The Kier molecular flexibility index (Phi) is 5.75. The number of benzene rings is 2. The summed E-state index contributed by atoms with van der Waals surface area (Å²) >= 11 is 1.46. The summed E-state index contributed by atoms with van der Waals surface area (Å²) in [5.41, 5.74) is 2.95. The number of anilines is 2. The zero-order valence-corrected chi connectivity index (χ0v) is 18.3. The van der Waals surface area contributed by atoms with Crippen molar-refractivity contribution in [3.05, 3.63) is 53.6 Å². The minimum Gasteiger partial charge on any atom is -0.494 e. The third-order valence-electron chi connectivity index (χ3n) is 4.98. The van der Waals surface area contributed by atoms with Crippen LogP contribution >= 0.6 is 11.8 Å². The van der Waals surface area contributed by atoms with Crippen LogP contribution in [0.25, 0.3) is 0 Å². The van der Waals surface area contributed by atoms with Crippen molar-refractivity contribution in [2.45, 2.75) is 25.1 Å². The third-order valence-corrected chi connectivity index (χ3v) is 8.12. The van der Waals surface area contributed by atoms with Crippen molar-refractivity contribution in [1.29, 1.82) is 0 Å². The summed E-state index contributed by atoms with van der Waals surface area (Å²) in [6.07, 6.45) is 0. The van der Waals surface area contributed by atoms with Gasteiger partial charge in [0.15, 0.2) is 15.0 Å². The molecule has 0 unspecified atom stereocenters. The molecule has 0 spiro atoms. The molecule has 1 amide bonds. The fraction of sp³-hybridized carbons (Fsp3) is 0.333. The molecule has 9 heteroatoms. The second-order valence-corrected chi connectivity index (χ2v) is 10.7. The smallest absolute Gasteiger partial charge is 0.255 e. The number of aliphatic imine (C=N–C) groups is 1. The molecule has 2 aromatic rings. The van der Waals surface area contributed by atoms with Crippen LogP contribution in [0.2, 0.25) is 0 Å². The van der Waals surface area contributed by atoms with Gasteiger partial charge in [0.05, 0.1) is 24.2 Å². The van der Waals surface area contributed by atoms with Gasteiger partial charge < -0.3 is 15.4 Å². The van der Waals surface area contributed by atoms with E-state index in [4.69, 9.17) is 4.74 Å². The summed E-state index contributed by atoms with van der Waals surface area (Å²) in [4.78, 5) is 17.2. The van der Waals surface area contributed by atoms with Crippen LogP contribution in [0.1, 0.15) is 22.8 Å². The maximum atomic E-state index is 12.7. The van der Waals surface area contributed by atoms with E-state index in [2.05, 4.69) is 15.6 Å². The van der Waals surface area contributed by atoms with E-state index in [1.165, 1.54) is 11.8 Å². The van der Waals surface area contributed by atoms with Crippen molar-refractivity contribution in [2.75, 3.05) is 28.7 Å². The standard InChI is InChI=1S/C21H23N3O4S2/c1-3-28-16-8-6-15(7-9-16)22-20(25)14-5-4-13(2)17(10-14)23-21-24-18-11-30(26,27)12-19(18)29-21/h4-10,18-19H,3,11-12H2,1-2H3,(H,22,25)(H,23,24)/t18-,19-/m1/s1. The van der Waals surface area contributed by atoms with Crippen LogP contribution in [-0.4, -0.2) is 48.9 Å². The van der Waals surface area contributed by atoms with Gasteiger partial charge in [0.25, 0.3) is 5.91 Å². The van der Waals surface area contributed by atoms with Crippen LogP contribution in [0.15, 0.2) is 47.5 Å². The Balaban J connectivity index is 1.45. The van der Waals surface area contributed by atoms with Gasteiger partial charge in [-0.15, -0.1) is 0 Å². The van der Waals surface area contributed by atoms with Gasteiger partial charge in [-0.05, 0) is 55.8 Å². The second-order valence-electron chi connectivity index (χ2n) is 7.30. The predicted octanol–water partition coefficient (Wildman–Crippen LogP) is 3.33. The van der Waals surface area contributed by atoms with Gasteiger partial charge in [-0.2, -0.15) is 0 Å². The number of rotatable bonds is 5. The molecule has 0 saturated carbocycles. The molecule has 0 radical (unpaired) electrons. The number of carbonyl (C=O) groups is 1. The molecule has 0 aromatic heterocycles. The highest BCUT2D eigenvalue weighted by atomic mass is 32.2. The summed E-state index contributed by atoms with van der Waals surface area (Å²) in [6.45, 7) is 4.45. The first-order valence-corrected chi connectivity index (χ1v) is 12.4. The fourth-order valence-corrected chi connectivity index (χ4v) is 7.10. The first-order valence-electron chi connectivity index (χ1n) is 9.70. The number of nitrogens with zero attached hydrogens (tertiary/aromatic N) is 1. The SMILES string of the molecule is CCOc1ccc(NC(=O)c2ccc(C)c(NC3=N[C@@H]4CS(=O)(=O)C[C@H]4S3)c2)cc1. The monoisotopic (exact) mass is 445 g/mol. The van der Waals surface area contributed by atoms with E-state index >= 15 is 0 Å². The normalized spacial score (nSPS) is 21.6. The Morgan fingerprint density at radius 2 is 1.97 bits per heavy atom. The van der Waals surface area contributed by atoms with E-state index in [0.29, 0.717) is 23.0 Å². The van der Waals surface area contributed by atoms with Crippen molar-refractivity contribution in [3.8, 4) is 5.75 Å². The number of hydrogen-bond donors (Lipinski definition) is 2. The van der Waals surface area contributed by atoms with Crippen molar-refractivity contribution in [1.82, 2.24) is 0 Å². The maximum absolute atomic E-state index is 12.7. The molecule has 7 nitrogen and oxygen atoms in total. The van der Waals surface area contributed by atoms with Gasteiger partial charge in [-0.1, -0.05) is 17.8 Å². The molecule has 4 rings (SSSR count). The number of hydrogen-bond acceptors (Lipinski definition) is 7. The molecule has 1 fully saturated rings. The molecule has 2 atom stereocenters. The summed E-state index contributed by atoms with van der Waals surface area (Å²) in [5.74, 6) is 0.816. The second kappa shape index (κ2) is 8.31. The molecule has 2 aromatic carbocycles. The minimum atomic E-state index is -2.98. The lowest BCUT2D eigenvalue weighted by atomic mass is 10.1. The van der Waals surface area contributed by atoms with Crippen molar-refractivity contribution < 1.29 is 17.9 Å². The quantitative estimate of drug-likeness (QED) is 0.733. The molecule has 0 aliphatic carbocycles. The number of nitrogens with one attached hydrogen (secondary N) is 2. The van der Waals surface area contributed by atoms with Crippen molar-refractivity contribution >= 4 is 44.0 Å². The first kappa shape index (κ1) is 20.7. The number of aryl methyl sites for hydroxylation is 1. The lowest BCUT2D eigenvalue weighted by Gasteiger charge is -2.12. The summed E-state index contributed by atoms with van der Waals surface area (Å²) in [7, 11) is -2.98. The highest BCUT2D eigenvalue weighted by Gasteiger charge is 2.42. The zero-order valence-electron chi connectivity index (χ0n) is 16.7. The van der Waals surface area contributed by atoms with Gasteiger partial charge in [0.2, 0.25) is 0 Å². The minimum absolute atomic E-state index is 0.0241. The van der Waals surface area contributed by atoms with Gasteiger partial charge in [-0.3, -0.25) is 9.79 Å². The molecule has 2 aliphatic heterocycles. The van der Waals surface area contributed by atoms with Crippen LogP contribution < -0.4 is 15.4 Å². The van der Waals surface area contributed by atoms with E-state index in [1.54, 1.807) is 24.3 Å². The van der Waals surface area contributed by atoms with Crippen LogP contribution in [0.5, 0.6) is 5.75 Å². The van der Waals surface area contributed by atoms with Gasteiger partial charge in [0, 0.05) is 22.2 Å². The Hall–Kier alpha value is -2.52. The Labute approximate surface area is 180 Å². The molecule has 2 N–H and O–H groups in total. The molecule has 30 heavy (non-hydrogen) atoms. The third kappa shape index (κ3) is 4.62. The summed E-state index contributed by atoms with van der Waals surface area (Å²) in [5, 5.41) is 6.83. The summed E-state index contributed by atoms with van der Waals surface area (Å²) < 4.78 is 28.9.